The van der Waals surface area contributed by atoms with Crippen molar-refractivity contribution in [3.05, 3.63) is 0 Å². The lowest BCUT2D eigenvalue weighted by molar-refractivity contribution is -0.131. The van der Waals surface area contributed by atoms with Crippen molar-refractivity contribution in [1.82, 2.24) is 15.5 Å². The molecule has 6 nitrogen and oxygen atoms in total. The molecule has 0 saturated carbocycles. The van der Waals surface area contributed by atoms with Crippen LogP contribution in [0.3, 0.4) is 0 Å². The van der Waals surface area contributed by atoms with E-state index >= 15 is 0 Å². The molecule has 2 amide bonds. The average Bonchev–Trinajstić information content (AvgIpc) is 2.70. The summed E-state index contributed by atoms with van der Waals surface area (Å²) in [6.45, 7) is 9.80. The molecule has 21 heavy (non-hydrogen) atoms. The van der Waals surface area contributed by atoms with Crippen molar-refractivity contribution in [2.24, 2.45) is 0 Å². The van der Waals surface area contributed by atoms with Crippen molar-refractivity contribution < 1.29 is 14.3 Å². The summed E-state index contributed by atoms with van der Waals surface area (Å²) in [6.07, 6.45) is 0.241. The highest BCUT2D eigenvalue weighted by atomic mass is 35.5. The third kappa shape index (κ3) is 4.31. The van der Waals surface area contributed by atoms with Crippen LogP contribution in [0.4, 0.5) is 0 Å². The summed E-state index contributed by atoms with van der Waals surface area (Å²) in [5.41, 5.74) is -0.198. The van der Waals surface area contributed by atoms with E-state index < -0.39 is 0 Å². The molecular formula is C14H26ClN3O3. The smallest absolute Gasteiger partial charge is 0.240 e. The minimum absolute atomic E-state index is 0. The first-order valence-corrected chi connectivity index (χ1v) is 7.25. The molecule has 0 aromatic heterocycles. The van der Waals surface area contributed by atoms with Crippen LogP contribution >= 0.6 is 12.4 Å². The van der Waals surface area contributed by atoms with E-state index in [1.165, 1.54) is 0 Å². The number of likely N-dealkylation sites (tertiary alicyclic amines) is 1. The van der Waals surface area contributed by atoms with E-state index in [1.807, 2.05) is 32.6 Å². The van der Waals surface area contributed by atoms with Gasteiger partial charge in [-0.2, -0.15) is 0 Å². The number of ether oxygens (including phenoxy) is 1. The van der Waals surface area contributed by atoms with Gasteiger partial charge in [-0.1, -0.05) is 0 Å². The molecule has 3 atom stereocenters. The first-order chi connectivity index (χ1) is 9.29. The van der Waals surface area contributed by atoms with E-state index in [0.29, 0.717) is 26.1 Å². The Hall–Kier alpha value is -0.850. The van der Waals surface area contributed by atoms with Crippen LogP contribution in [0.25, 0.3) is 0 Å². The summed E-state index contributed by atoms with van der Waals surface area (Å²) in [7, 11) is 0. The number of rotatable bonds is 2. The minimum atomic E-state index is -0.331. The third-order valence-electron chi connectivity index (χ3n) is 3.88. The van der Waals surface area contributed by atoms with Crippen LogP contribution in [-0.2, 0) is 14.3 Å². The van der Waals surface area contributed by atoms with Crippen LogP contribution in [0.5, 0.6) is 0 Å². The van der Waals surface area contributed by atoms with Crippen LogP contribution < -0.4 is 10.6 Å². The summed E-state index contributed by atoms with van der Waals surface area (Å²) in [5.74, 6) is 0.0226. The Kier molecular flexibility index (Phi) is 6.01. The summed E-state index contributed by atoms with van der Waals surface area (Å²) < 4.78 is 5.47. The van der Waals surface area contributed by atoms with Crippen LogP contribution in [0.15, 0.2) is 0 Å². The zero-order valence-corrected chi connectivity index (χ0v) is 14.0. The van der Waals surface area contributed by atoms with Gasteiger partial charge in [-0.3, -0.25) is 9.59 Å². The first-order valence-electron chi connectivity index (χ1n) is 7.25. The third-order valence-corrected chi connectivity index (χ3v) is 3.88. The van der Waals surface area contributed by atoms with Crippen LogP contribution in [0.1, 0.15) is 34.1 Å². The van der Waals surface area contributed by atoms with Crippen molar-refractivity contribution in [1.29, 1.82) is 0 Å². The zero-order chi connectivity index (χ0) is 14.9. The molecule has 0 bridgehead atoms. The summed E-state index contributed by atoms with van der Waals surface area (Å²) >= 11 is 0. The number of amides is 2. The highest BCUT2D eigenvalue weighted by Gasteiger charge is 2.38. The maximum atomic E-state index is 12.2. The predicted octanol–water partition coefficient (Wildman–Crippen LogP) is 0.301. The molecule has 0 spiro atoms. The predicted molar refractivity (Wildman–Crippen MR) is 82.5 cm³/mol. The molecular weight excluding hydrogens is 294 g/mol. The average molecular weight is 320 g/mol. The van der Waals surface area contributed by atoms with Gasteiger partial charge in [0, 0.05) is 25.0 Å². The van der Waals surface area contributed by atoms with Crippen molar-refractivity contribution in [2.75, 3.05) is 19.7 Å². The number of nitrogens with one attached hydrogen (secondary N) is 2. The molecule has 122 valence electrons. The molecule has 0 aromatic carbocycles. The molecule has 2 aliphatic heterocycles. The van der Waals surface area contributed by atoms with Crippen molar-refractivity contribution in [3.63, 3.8) is 0 Å². The van der Waals surface area contributed by atoms with Gasteiger partial charge in [0.1, 0.15) is 6.04 Å². The van der Waals surface area contributed by atoms with E-state index in [-0.39, 0.29) is 47.9 Å². The lowest BCUT2D eigenvalue weighted by atomic mass is 10.1. The second-order valence-corrected chi connectivity index (χ2v) is 6.59. The molecule has 1 unspecified atom stereocenters. The molecule has 2 rings (SSSR count). The normalized spacial score (nSPS) is 30.0. The number of morpholine rings is 1. The van der Waals surface area contributed by atoms with E-state index in [9.17, 15) is 9.59 Å². The second-order valence-electron chi connectivity index (χ2n) is 6.59. The molecule has 0 aromatic rings. The maximum Gasteiger partial charge on any atom is 0.240 e. The van der Waals surface area contributed by atoms with Crippen molar-refractivity contribution >= 4 is 24.2 Å². The lowest BCUT2D eigenvalue weighted by Crippen LogP contribution is -2.57. The monoisotopic (exact) mass is 319 g/mol. The highest BCUT2D eigenvalue weighted by Crippen LogP contribution is 2.22. The van der Waals surface area contributed by atoms with E-state index in [1.54, 1.807) is 0 Å². The maximum absolute atomic E-state index is 12.2. The van der Waals surface area contributed by atoms with Crippen LogP contribution in [-0.4, -0.2) is 60.1 Å². The lowest BCUT2D eigenvalue weighted by Gasteiger charge is -2.32. The Morgan fingerprint density at radius 3 is 2.62 bits per heavy atom. The quantitative estimate of drug-likeness (QED) is 0.768. The van der Waals surface area contributed by atoms with Gasteiger partial charge in [0.2, 0.25) is 11.8 Å². The Morgan fingerprint density at radius 2 is 2.10 bits per heavy atom. The molecule has 0 radical (unpaired) electrons. The number of halogens is 1. The fourth-order valence-corrected chi connectivity index (χ4v) is 2.77. The standard InChI is InChI=1S/C14H25N3O3.ClH/c1-9-12(15-5-6-20-9)13(19)16-10-7-11(18)17(8-10)14(2,3)4;/h9-10,12,15H,5-8H2,1-4H3,(H,16,19);1H/t9-,10?,12+;/m1./s1. The Labute approximate surface area is 132 Å². The molecule has 2 aliphatic rings. The molecule has 7 heteroatoms. The topological polar surface area (TPSA) is 70.7 Å². The highest BCUT2D eigenvalue weighted by molar-refractivity contribution is 5.86. The van der Waals surface area contributed by atoms with E-state index in [2.05, 4.69) is 10.6 Å². The SMILES string of the molecule is C[C@H]1OCCN[C@@H]1C(=O)NC1CC(=O)N(C(C)(C)C)C1.Cl. The van der Waals surface area contributed by atoms with Gasteiger partial charge in [0.15, 0.2) is 0 Å². The van der Waals surface area contributed by atoms with Gasteiger partial charge in [-0.05, 0) is 27.7 Å². The number of carbonyl (C=O) groups is 2. The molecule has 2 saturated heterocycles. The van der Waals surface area contributed by atoms with Gasteiger partial charge in [-0.25, -0.2) is 0 Å². The van der Waals surface area contributed by atoms with Gasteiger partial charge in [-0.15, -0.1) is 12.4 Å². The summed E-state index contributed by atoms with van der Waals surface area (Å²) in [4.78, 5) is 26.1. The Bertz CT molecular complexity index is 397. The first kappa shape index (κ1) is 18.2. The van der Waals surface area contributed by atoms with Gasteiger partial charge in [0.25, 0.3) is 0 Å². The fourth-order valence-electron chi connectivity index (χ4n) is 2.77. The van der Waals surface area contributed by atoms with Gasteiger partial charge in [0.05, 0.1) is 18.8 Å². The number of carbonyl (C=O) groups excluding carboxylic acids is 2. The van der Waals surface area contributed by atoms with Crippen molar-refractivity contribution in [3.8, 4) is 0 Å². The van der Waals surface area contributed by atoms with Gasteiger partial charge >= 0.3 is 0 Å². The number of hydrogen-bond acceptors (Lipinski definition) is 4. The zero-order valence-electron chi connectivity index (χ0n) is 13.1. The number of hydrogen-bond donors (Lipinski definition) is 2. The number of nitrogens with zero attached hydrogens (tertiary/aromatic N) is 1. The van der Waals surface area contributed by atoms with Crippen LogP contribution in [0.2, 0.25) is 0 Å². The Morgan fingerprint density at radius 1 is 1.43 bits per heavy atom. The largest absolute Gasteiger partial charge is 0.375 e. The fraction of sp³-hybridized carbons (Fsp3) is 0.857. The van der Waals surface area contributed by atoms with E-state index in [0.717, 1.165) is 0 Å². The molecule has 2 N–H and O–H groups in total. The molecule has 2 heterocycles. The van der Waals surface area contributed by atoms with Crippen LogP contribution in [0, 0.1) is 0 Å². The minimum Gasteiger partial charge on any atom is -0.375 e. The molecule has 0 aliphatic carbocycles. The van der Waals surface area contributed by atoms with Crippen molar-refractivity contribution in [2.45, 2.75) is 57.8 Å². The van der Waals surface area contributed by atoms with Gasteiger partial charge < -0.3 is 20.3 Å². The van der Waals surface area contributed by atoms with E-state index in [4.69, 9.17) is 4.74 Å². The second kappa shape index (κ2) is 6.94. The Balaban J connectivity index is 0.00000220. The molecule has 2 fully saturated rings. The summed E-state index contributed by atoms with van der Waals surface area (Å²) in [6, 6.07) is -0.437. The summed E-state index contributed by atoms with van der Waals surface area (Å²) in [5, 5.41) is 6.13.